The van der Waals surface area contributed by atoms with Gasteiger partial charge in [-0.1, -0.05) is 42.5 Å². The molecule has 0 unspecified atom stereocenters. The molecular formula is C27H23F3N6O. The van der Waals surface area contributed by atoms with E-state index in [0.29, 0.717) is 22.7 Å². The summed E-state index contributed by atoms with van der Waals surface area (Å²) in [6.45, 7) is 3.72. The second-order valence-electron chi connectivity index (χ2n) is 8.74. The number of halogens is 3. The van der Waals surface area contributed by atoms with Crippen LogP contribution in [0, 0.1) is 13.8 Å². The number of hydrogen-bond acceptors (Lipinski definition) is 4. The molecule has 5 aromatic rings. The van der Waals surface area contributed by atoms with Crippen molar-refractivity contribution in [3.8, 4) is 11.1 Å². The molecule has 0 bridgehead atoms. The van der Waals surface area contributed by atoms with E-state index >= 15 is 0 Å². The lowest BCUT2D eigenvalue weighted by Gasteiger charge is -2.09. The molecule has 0 aliphatic rings. The lowest BCUT2D eigenvalue weighted by atomic mass is 10.0. The third kappa shape index (κ3) is 5.09. The van der Waals surface area contributed by atoms with Crippen molar-refractivity contribution >= 4 is 22.8 Å². The number of benzene rings is 2. The molecule has 0 aliphatic heterocycles. The predicted molar refractivity (Wildman–Crippen MR) is 134 cm³/mol. The number of alkyl halides is 3. The minimum absolute atomic E-state index is 0.0743. The number of nitrogens with zero attached hydrogens (tertiary/aromatic N) is 5. The summed E-state index contributed by atoms with van der Waals surface area (Å²) in [4.78, 5) is 17.3. The molecule has 0 saturated carbocycles. The Morgan fingerprint density at radius 1 is 0.946 bits per heavy atom. The number of rotatable bonds is 6. The van der Waals surface area contributed by atoms with E-state index in [1.807, 2.05) is 43.3 Å². The molecule has 10 heteroatoms. The molecule has 7 nitrogen and oxygen atoms in total. The quantitative estimate of drug-likeness (QED) is 0.326. The van der Waals surface area contributed by atoms with Crippen molar-refractivity contribution in [3.63, 3.8) is 0 Å². The number of pyridine rings is 1. The van der Waals surface area contributed by atoms with Gasteiger partial charge in [-0.3, -0.25) is 9.48 Å². The first-order chi connectivity index (χ1) is 17.7. The van der Waals surface area contributed by atoms with Crippen LogP contribution in [0.2, 0.25) is 0 Å². The average molecular weight is 505 g/mol. The monoisotopic (exact) mass is 504 g/mol. The third-order valence-electron chi connectivity index (χ3n) is 6.02. The Balaban J connectivity index is 1.33. The van der Waals surface area contributed by atoms with Crippen LogP contribution in [0.4, 0.5) is 19.0 Å². The number of hydrogen-bond donors (Lipinski definition) is 1. The maximum atomic E-state index is 13.0. The number of aromatic nitrogens is 5. The van der Waals surface area contributed by atoms with Gasteiger partial charge in [0.2, 0.25) is 5.91 Å². The van der Waals surface area contributed by atoms with Crippen LogP contribution in [-0.4, -0.2) is 30.5 Å². The van der Waals surface area contributed by atoms with Gasteiger partial charge in [-0.15, -0.1) is 0 Å². The highest BCUT2D eigenvalue weighted by Crippen LogP contribution is 2.31. The number of carbonyl (C=O) groups is 1. The predicted octanol–water partition coefficient (Wildman–Crippen LogP) is 5.62. The highest BCUT2D eigenvalue weighted by atomic mass is 19.4. The first-order valence-electron chi connectivity index (χ1n) is 11.6. The van der Waals surface area contributed by atoms with E-state index in [9.17, 15) is 18.0 Å². The maximum Gasteiger partial charge on any atom is 0.416 e. The SMILES string of the molecule is Cc1nn(CC(=O)Nc2cc(C)n(Cc3cccc(C(F)(F)F)c3)n2)c2nccc(-c3ccccc3)c12. The molecule has 0 radical (unpaired) electrons. The highest BCUT2D eigenvalue weighted by molar-refractivity contribution is 5.96. The van der Waals surface area contributed by atoms with Crippen LogP contribution in [-0.2, 0) is 24.1 Å². The molecule has 0 spiro atoms. The number of fused-ring (bicyclic) bond motifs is 1. The van der Waals surface area contributed by atoms with E-state index in [2.05, 4.69) is 20.5 Å². The van der Waals surface area contributed by atoms with Crippen LogP contribution in [0.3, 0.4) is 0 Å². The molecular weight excluding hydrogens is 481 g/mol. The topological polar surface area (TPSA) is 77.6 Å². The molecule has 37 heavy (non-hydrogen) atoms. The molecule has 5 rings (SSSR count). The van der Waals surface area contributed by atoms with Gasteiger partial charge in [0.25, 0.3) is 0 Å². The van der Waals surface area contributed by atoms with Crippen molar-refractivity contribution in [2.24, 2.45) is 0 Å². The summed E-state index contributed by atoms with van der Waals surface area (Å²) in [7, 11) is 0. The Morgan fingerprint density at radius 3 is 2.49 bits per heavy atom. The van der Waals surface area contributed by atoms with Crippen molar-refractivity contribution in [3.05, 3.63) is 95.4 Å². The Kier molecular flexibility index (Phi) is 6.24. The summed E-state index contributed by atoms with van der Waals surface area (Å²) >= 11 is 0. The average Bonchev–Trinajstić information content (AvgIpc) is 3.37. The van der Waals surface area contributed by atoms with Crippen LogP contribution >= 0.6 is 0 Å². The van der Waals surface area contributed by atoms with Crippen LogP contribution in [0.5, 0.6) is 0 Å². The van der Waals surface area contributed by atoms with E-state index < -0.39 is 11.7 Å². The van der Waals surface area contributed by atoms with Crippen molar-refractivity contribution in [1.82, 2.24) is 24.5 Å². The zero-order chi connectivity index (χ0) is 26.2. The van der Waals surface area contributed by atoms with Gasteiger partial charge in [0, 0.05) is 23.3 Å². The fourth-order valence-corrected chi connectivity index (χ4v) is 4.32. The molecule has 188 valence electrons. The van der Waals surface area contributed by atoms with E-state index in [0.717, 1.165) is 34.3 Å². The summed E-state index contributed by atoms with van der Waals surface area (Å²) in [6.07, 6.45) is -2.72. The second-order valence-corrected chi connectivity index (χ2v) is 8.74. The number of amides is 1. The summed E-state index contributed by atoms with van der Waals surface area (Å²) < 4.78 is 42.2. The normalized spacial score (nSPS) is 11.7. The van der Waals surface area contributed by atoms with Crippen LogP contribution < -0.4 is 5.32 Å². The molecule has 0 saturated heterocycles. The molecule has 0 aliphatic carbocycles. The largest absolute Gasteiger partial charge is 0.416 e. The number of nitrogens with one attached hydrogen (secondary N) is 1. The van der Waals surface area contributed by atoms with E-state index in [1.165, 1.54) is 6.07 Å². The van der Waals surface area contributed by atoms with Crippen LogP contribution in [0.1, 0.15) is 22.5 Å². The van der Waals surface area contributed by atoms with Gasteiger partial charge in [0.1, 0.15) is 6.54 Å². The Labute approximate surface area is 210 Å². The van der Waals surface area contributed by atoms with Crippen molar-refractivity contribution in [2.75, 3.05) is 5.32 Å². The molecule has 0 atom stereocenters. The highest BCUT2D eigenvalue weighted by Gasteiger charge is 2.30. The van der Waals surface area contributed by atoms with Gasteiger partial charge < -0.3 is 5.32 Å². The van der Waals surface area contributed by atoms with Crippen molar-refractivity contribution < 1.29 is 18.0 Å². The van der Waals surface area contributed by atoms with Gasteiger partial charge in [-0.2, -0.15) is 23.4 Å². The lowest BCUT2D eigenvalue weighted by Crippen LogP contribution is -2.20. The summed E-state index contributed by atoms with van der Waals surface area (Å²) in [5, 5.41) is 12.5. The number of anilines is 1. The molecule has 3 aromatic heterocycles. The van der Waals surface area contributed by atoms with Gasteiger partial charge in [0.05, 0.1) is 17.8 Å². The maximum absolute atomic E-state index is 13.0. The molecule has 1 amide bonds. The molecule has 2 aromatic carbocycles. The van der Waals surface area contributed by atoms with Gasteiger partial charge in [-0.05, 0) is 48.7 Å². The zero-order valence-electron chi connectivity index (χ0n) is 20.1. The molecule has 0 fully saturated rings. The Bertz CT molecular complexity index is 1590. The summed E-state index contributed by atoms with van der Waals surface area (Å²) in [5.74, 6) is -0.0411. The Hall–Kier alpha value is -4.47. The van der Waals surface area contributed by atoms with Crippen molar-refractivity contribution in [2.45, 2.75) is 33.1 Å². The minimum atomic E-state index is -4.42. The number of carbonyl (C=O) groups excluding carboxylic acids is 1. The van der Waals surface area contributed by atoms with Gasteiger partial charge in [-0.25, -0.2) is 9.67 Å². The zero-order valence-corrected chi connectivity index (χ0v) is 20.1. The second kappa shape index (κ2) is 9.53. The van der Waals surface area contributed by atoms with Gasteiger partial charge in [0.15, 0.2) is 11.5 Å². The standard InChI is InChI=1S/C27H23F3N6O/c1-17-13-23(34-35(17)15-19-7-6-10-21(14-19)27(28,29)30)32-24(37)16-36-26-25(18(2)33-36)22(11-12-31-26)20-8-4-3-5-9-20/h3-14H,15-16H2,1-2H3,(H,32,34,37). The van der Waals surface area contributed by atoms with Crippen LogP contribution in [0.15, 0.2) is 72.9 Å². The fraction of sp³-hybridized carbons (Fsp3) is 0.185. The summed E-state index contributed by atoms with van der Waals surface area (Å²) in [6, 6.07) is 18.6. The van der Waals surface area contributed by atoms with E-state index in [4.69, 9.17) is 0 Å². The van der Waals surface area contributed by atoms with E-state index in [-0.39, 0.29) is 19.0 Å². The lowest BCUT2D eigenvalue weighted by molar-refractivity contribution is -0.137. The van der Waals surface area contributed by atoms with Crippen molar-refractivity contribution in [1.29, 1.82) is 0 Å². The van der Waals surface area contributed by atoms with Gasteiger partial charge >= 0.3 is 6.18 Å². The Morgan fingerprint density at radius 2 is 1.73 bits per heavy atom. The molecule has 1 N–H and O–H groups in total. The molecule has 3 heterocycles. The minimum Gasteiger partial charge on any atom is -0.308 e. The number of aryl methyl sites for hydroxylation is 2. The van der Waals surface area contributed by atoms with E-state index in [1.54, 1.807) is 34.6 Å². The first kappa shape index (κ1) is 24.2. The van der Waals surface area contributed by atoms with Crippen LogP contribution in [0.25, 0.3) is 22.2 Å². The first-order valence-corrected chi connectivity index (χ1v) is 11.6. The smallest absolute Gasteiger partial charge is 0.308 e. The summed E-state index contributed by atoms with van der Waals surface area (Å²) in [5.41, 5.74) is 3.81. The fourth-order valence-electron chi connectivity index (χ4n) is 4.32. The third-order valence-corrected chi connectivity index (χ3v) is 6.02.